The van der Waals surface area contributed by atoms with Gasteiger partial charge >= 0.3 is 0 Å². The molecule has 0 amide bonds. The number of nitrogens with one attached hydrogen (secondary N) is 1. The molecule has 1 aromatic carbocycles. The topological polar surface area (TPSA) is 58.4 Å². The zero-order valence-electron chi connectivity index (χ0n) is 11.2. The molecule has 0 bridgehead atoms. The van der Waals surface area contributed by atoms with Crippen molar-refractivity contribution < 1.29 is 13.7 Å². The first-order valence-corrected chi connectivity index (χ1v) is 6.56. The fraction of sp³-hybridized carbons (Fsp3) is 0.538. The molecular formula is C13H17F2N3O2. The molecule has 0 aromatic heterocycles. The zero-order valence-corrected chi connectivity index (χ0v) is 11.2. The van der Waals surface area contributed by atoms with E-state index in [0.717, 1.165) is 31.5 Å². The van der Waals surface area contributed by atoms with E-state index in [1.54, 1.807) is 4.90 Å². The molecular weight excluding hydrogens is 268 g/mol. The predicted molar refractivity (Wildman–Crippen MR) is 71.9 cm³/mol. The van der Waals surface area contributed by atoms with Gasteiger partial charge in [-0.15, -0.1) is 0 Å². The molecule has 7 heteroatoms. The fourth-order valence-corrected chi connectivity index (χ4v) is 2.63. The highest BCUT2D eigenvalue weighted by atomic mass is 19.2. The Bertz CT molecular complexity index is 503. The van der Waals surface area contributed by atoms with Gasteiger partial charge in [-0.1, -0.05) is 0 Å². The third kappa shape index (κ3) is 2.87. The predicted octanol–water partition coefficient (Wildman–Crippen LogP) is 2.31. The summed E-state index contributed by atoms with van der Waals surface area (Å²) >= 11 is 0. The average Bonchev–Trinajstić information content (AvgIpc) is 2.43. The van der Waals surface area contributed by atoms with Crippen LogP contribution in [0.4, 0.5) is 20.2 Å². The molecule has 1 aliphatic heterocycles. The van der Waals surface area contributed by atoms with Gasteiger partial charge in [-0.05, 0) is 38.4 Å². The molecule has 2 rings (SSSR count). The van der Waals surface area contributed by atoms with Crippen LogP contribution in [0.5, 0.6) is 0 Å². The van der Waals surface area contributed by atoms with Gasteiger partial charge < -0.3 is 10.2 Å². The van der Waals surface area contributed by atoms with Gasteiger partial charge in [-0.25, -0.2) is 8.78 Å². The Labute approximate surface area is 115 Å². The van der Waals surface area contributed by atoms with Crippen molar-refractivity contribution >= 4 is 11.4 Å². The van der Waals surface area contributed by atoms with E-state index in [-0.39, 0.29) is 11.4 Å². The standard InChI is InChI=1S/C13H17F2N3O2/c1-16-8-9-4-6-17(7-5-9)13-11(18(19)20)3-2-10(14)12(13)15/h2-3,9,16H,4-8H2,1H3. The van der Waals surface area contributed by atoms with Gasteiger partial charge in [0.1, 0.15) is 0 Å². The molecule has 0 radical (unpaired) electrons. The SMILES string of the molecule is CNCC1CCN(c2c([N+](=O)[O-])ccc(F)c2F)CC1. The number of piperidine rings is 1. The van der Waals surface area contributed by atoms with Crippen LogP contribution in [-0.4, -0.2) is 31.6 Å². The van der Waals surface area contributed by atoms with Crippen molar-refractivity contribution in [2.45, 2.75) is 12.8 Å². The summed E-state index contributed by atoms with van der Waals surface area (Å²) in [6.07, 6.45) is 1.60. The van der Waals surface area contributed by atoms with Crippen LogP contribution in [0.1, 0.15) is 12.8 Å². The molecule has 0 spiro atoms. The Morgan fingerprint density at radius 3 is 2.60 bits per heavy atom. The van der Waals surface area contributed by atoms with E-state index in [2.05, 4.69) is 5.32 Å². The summed E-state index contributed by atoms with van der Waals surface area (Å²) in [7, 11) is 1.86. The molecule has 1 N–H and O–H groups in total. The minimum atomic E-state index is -1.13. The molecule has 1 aromatic rings. The van der Waals surface area contributed by atoms with Crippen LogP contribution in [0, 0.1) is 27.7 Å². The summed E-state index contributed by atoms with van der Waals surface area (Å²) in [5, 5.41) is 14.1. The number of hydrogen-bond acceptors (Lipinski definition) is 4. The van der Waals surface area contributed by atoms with Crippen molar-refractivity contribution in [1.29, 1.82) is 0 Å². The number of benzene rings is 1. The van der Waals surface area contributed by atoms with Crippen LogP contribution in [-0.2, 0) is 0 Å². The lowest BCUT2D eigenvalue weighted by atomic mass is 9.96. The average molecular weight is 285 g/mol. The number of halogens is 2. The Balaban J connectivity index is 2.25. The smallest absolute Gasteiger partial charge is 0.295 e. The molecule has 1 heterocycles. The van der Waals surface area contributed by atoms with Gasteiger partial charge in [0.25, 0.3) is 5.69 Å². The summed E-state index contributed by atoms with van der Waals surface area (Å²) in [4.78, 5) is 11.9. The summed E-state index contributed by atoms with van der Waals surface area (Å²) in [5.74, 6) is -1.72. The summed E-state index contributed by atoms with van der Waals surface area (Å²) in [5.41, 5.74) is -0.603. The number of rotatable bonds is 4. The summed E-state index contributed by atoms with van der Waals surface area (Å²) in [6, 6.07) is 1.82. The van der Waals surface area contributed by atoms with Gasteiger partial charge in [-0.3, -0.25) is 10.1 Å². The third-order valence-electron chi connectivity index (χ3n) is 3.67. The molecule has 0 unspecified atom stereocenters. The molecule has 0 aliphatic carbocycles. The Morgan fingerprint density at radius 1 is 1.40 bits per heavy atom. The van der Waals surface area contributed by atoms with Gasteiger partial charge in [0.05, 0.1) is 4.92 Å². The maximum absolute atomic E-state index is 13.9. The van der Waals surface area contributed by atoms with Gasteiger partial charge in [-0.2, -0.15) is 0 Å². The Kier molecular flexibility index (Phi) is 4.49. The minimum absolute atomic E-state index is 0.224. The normalized spacial score (nSPS) is 16.4. The van der Waals surface area contributed by atoms with E-state index >= 15 is 0 Å². The lowest BCUT2D eigenvalue weighted by Gasteiger charge is -2.33. The maximum atomic E-state index is 13.9. The van der Waals surface area contributed by atoms with E-state index in [1.807, 2.05) is 7.05 Å². The van der Waals surface area contributed by atoms with Crippen molar-refractivity contribution in [2.24, 2.45) is 5.92 Å². The van der Waals surface area contributed by atoms with Gasteiger partial charge in [0.2, 0.25) is 0 Å². The Morgan fingerprint density at radius 2 is 2.05 bits per heavy atom. The van der Waals surface area contributed by atoms with Crippen LogP contribution in [0.15, 0.2) is 12.1 Å². The van der Waals surface area contributed by atoms with E-state index in [1.165, 1.54) is 0 Å². The first kappa shape index (κ1) is 14.6. The number of nitrogens with zero attached hydrogens (tertiary/aromatic N) is 2. The number of hydrogen-bond donors (Lipinski definition) is 1. The van der Waals surface area contributed by atoms with E-state index < -0.39 is 16.6 Å². The van der Waals surface area contributed by atoms with Crippen molar-refractivity contribution in [3.05, 3.63) is 33.9 Å². The largest absolute Gasteiger partial charge is 0.363 e. The second kappa shape index (κ2) is 6.13. The molecule has 5 nitrogen and oxygen atoms in total. The molecule has 20 heavy (non-hydrogen) atoms. The second-order valence-corrected chi connectivity index (χ2v) is 4.97. The van der Waals surface area contributed by atoms with Crippen molar-refractivity contribution in [3.8, 4) is 0 Å². The highest BCUT2D eigenvalue weighted by Crippen LogP contribution is 2.34. The van der Waals surface area contributed by atoms with Gasteiger partial charge in [0.15, 0.2) is 17.3 Å². The van der Waals surface area contributed by atoms with Crippen LogP contribution < -0.4 is 10.2 Å². The minimum Gasteiger partial charge on any atom is -0.363 e. The van der Waals surface area contributed by atoms with Crippen molar-refractivity contribution in [2.75, 3.05) is 31.6 Å². The Hall–Kier alpha value is -1.76. The fourth-order valence-electron chi connectivity index (χ4n) is 2.63. The molecule has 1 saturated heterocycles. The van der Waals surface area contributed by atoms with E-state index in [4.69, 9.17) is 0 Å². The molecule has 1 fully saturated rings. The van der Waals surface area contributed by atoms with Gasteiger partial charge in [0, 0.05) is 19.2 Å². The monoisotopic (exact) mass is 285 g/mol. The quantitative estimate of drug-likeness (QED) is 0.681. The van der Waals surface area contributed by atoms with Crippen LogP contribution >= 0.6 is 0 Å². The van der Waals surface area contributed by atoms with Crippen molar-refractivity contribution in [1.82, 2.24) is 5.32 Å². The van der Waals surface area contributed by atoms with E-state index in [0.29, 0.717) is 19.0 Å². The second-order valence-electron chi connectivity index (χ2n) is 4.97. The van der Waals surface area contributed by atoms with Crippen LogP contribution in [0.25, 0.3) is 0 Å². The summed E-state index contributed by atoms with van der Waals surface area (Å²) in [6.45, 7) is 1.85. The highest BCUT2D eigenvalue weighted by molar-refractivity contribution is 5.64. The lowest BCUT2D eigenvalue weighted by molar-refractivity contribution is -0.384. The molecule has 1 aliphatic rings. The number of nitro benzene ring substituents is 1. The number of anilines is 1. The van der Waals surface area contributed by atoms with Crippen LogP contribution in [0.3, 0.4) is 0 Å². The number of nitro groups is 1. The highest BCUT2D eigenvalue weighted by Gasteiger charge is 2.29. The van der Waals surface area contributed by atoms with Crippen LogP contribution in [0.2, 0.25) is 0 Å². The first-order chi connectivity index (χ1) is 9.54. The van der Waals surface area contributed by atoms with E-state index in [9.17, 15) is 18.9 Å². The maximum Gasteiger partial charge on any atom is 0.295 e. The third-order valence-corrected chi connectivity index (χ3v) is 3.67. The molecule has 0 saturated carbocycles. The van der Waals surface area contributed by atoms with Crippen molar-refractivity contribution in [3.63, 3.8) is 0 Å². The zero-order chi connectivity index (χ0) is 14.7. The first-order valence-electron chi connectivity index (χ1n) is 6.56. The molecule has 0 atom stereocenters. The molecule has 110 valence electrons. The summed E-state index contributed by atoms with van der Waals surface area (Å²) < 4.78 is 27.3. The lowest BCUT2D eigenvalue weighted by Crippen LogP contribution is -2.37.